The largest absolute Gasteiger partial charge is 0.480 e. The van der Waals surface area contributed by atoms with Crippen molar-refractivity contribution in [3.63, 3.8) is 0 Å². The first-order valence-electron chi connectivity index (χ1n) is 7.18. The van der Waals surface area contributed by atoms with Gasteiger partial charge in [-0.2, -0.15) is 0 Å². The first-order chi connectivity index (χ1) is 10.0. The molecule has 4 nitrogen and oxygen atoms in total. The lowest BCUT2D eigenvalue weighted by atomic mass is 10.1. The fraction of sp³-hybridized carbons (Fsp3) is 0.500. The number of carboxylic acid groups (broad SMARTS) is 1. The van der Waals surface area contributed by atoms with Crippen LogP contribution in [-0.2, 0) is 15.3 Å². The van der Waals surface area contributed by atoms with Gasteiger partial charge in [-0.25, -0.2) is 4.79 Å². The molecule has 1 unspecified atom stereocenters. The number of carbonyl (C=O) groups is 2. The van der Waals surface area contributed by atoms with Crippen molar-refractivity contribution in [3.8, 4) is 0 Å². The number of carbonyl (C=O) groups excluding carboxylic acids is 1. The summed E-state index contributed by atoms with van der Waals surface area (Å²) >= 11 is 1.50. The predicted octanol–water partition coefficient (Wildman–Crippen LogP) is 2.99. The Labute approximate surface area is 130 Å². The summed E-state index contributed by atoms with van der Waals surface area (Å²) in [5.41, 5.74) is 2.37. The van der Waals surface area contributed by atoms with E-state index in [4.69, 9.17) is 5.11 Å². The van der Waals surface area contributed by atoms with Gasteiger partial charge in [0, 0.05) is 5.75 Å². The summed E-state index contributed by atoms with van der Waals surface area (Å²) in [6.45, 7) is 4.03. The molecule has 0 saturated heterocycles. The Morgan fingerprint density at radius 1 is 1.38 bits per heavy atom. The number of carboxylic acids is 1. The lowest BCUT2D eigenvalue weighted by Crippen LogP contribution is -2.41. The highest BCUT2D eigenvalue weighted by Gasteiger charge is 2.18. The number of rotatable bonds is 9. The first-order valence-corrected chi connectivity index (χ1v) is 8.34. The first kappa shape index (κ1) is 17.6. The minimum atomic E-state index is -0.958. The Balaban J connectivity index is 2.34. The second-order valence-corrected chi connectivity index (χ2v) is 6.07. The molecule has 1 amide bonds. The van der Waals surface area contributed by atoms with Crippen molar-refractivity contribution in [3.05, 3.63) is 35.4 Å². The molecule has 0 heterocycles. The number of thioether (sulfide) groups is 1. The molecule has 1 aromatic carbocycles. The number of unbranched alkanes of at least 4 members (excludes halogenated alkanes) is 1. The lowest BCUT2D eigenvalue weighted by Gasteiger charge is -2.13. The van der Waals surface area contributed by atoms with Crippen molar-refractivity contribution in [2.75, 3.05) is 5.75 Å². The highest BCUT2D eigenvalue weighted by molar-refractivity contribution is 7.99. The van der Waals surface area contributed by atoms with Crippen LogP contribution < -0.4 is 5.32 Å². The van der Waals surface area contributed by atoms with Crippen molar-refractivity contribution in [1.82, 2.24) is 5.32 Å². The maximum absolute atomic E-state index is 11.8. The van der Waals surface area contributed by atoms with Gasteiger partial charge in [-0.05, 0) is 18.9 Å². The number of hydrogen-bond donors (Lipinski definition) is 2. The van der Waals surface area contributed by atoms with Crippen LogP contribution in [0.3, 0.4) is 0 Å². The van der Waals surface area contributed by atoms with E-state index in [0.29, 0.717) is 6.42 Å². The van der Waals surface area contributed by atoms with Gasteiger partial charge in [-0.15, -0.1) is 11.8 Å². The maximum Gasteiger partial charge on any atom is 0.326 e. The molecule has 2 N–H and O–H groups in total. The molecular formula is C16H23NO3S. The summed E-state index contributed by atoms with van der Waals surface area (Å²) in [4.78, 5) is 22.8. The van der Waals surface area contributed by atoms with Gasteiger partial charge in [0.2, 0.25) is 5.91 Å². The molecule has 0 radical (unpaired) electrons. The molecule has 0 aliphatic carbocycles. The number of hydrogen-bond acceptors (Lipinski definition) is 3. The normalized spacial score (nSPS) is 11.9. The Bertz CT molecular complexity index is 476. The number of amides is 1. The van der Waals surface area contributed by atoms with Crippen LogP contribution in [-0.4, -0.2) is 28.8 Å². The van der Waals surface area contributed by atoms with Crippen LogP contribution >= 0.6 is 11.8 Å². The highest BCUT2D eigenvalue weighted by Crippen LogP contribution is 2.13. The third-order valence-electron chi connectivity index (χ3n) is 3.06. The summed E-state index contributed by atoms with van der Waals surface area (Å²) in [7, 11) is 0. The van der Waals surface area contributed by atoms with Crippen molar-refractivity contribution in [2.45, 2.75) is 44.9 Å². The number of aliphatic carboxylic acids is 1. The fourth-order valence-electron chi connectivity index (χ4n) is 1.97. The number of aryl methyl sites for hydroxylation is 1. The van der Waals surface area contributed by atoms with E-state index in [1.165, 1.54) is 22.9 Å². The van der Waals surface area contributed by atoms with Crippen molar-refractivity contribution < 1.29 is 14.7 Å². The van der Waals surface area contributed by atoms with E-state index in [-0.39, 0.29) is 11.7 Å². The zero-order valence-electron chi connectivity index (χ0n) is 12.6. The minimum absolute atomic E-state index is 0.212. The smallest absolute Gasteiger partial charge is 0.326 e. The van der Waals surface area contributed by atoms with E-state index in [9.17, 15) is 9.59 Å². The van der Waals surface area contributed by atoms with Crippen LogP contribution in [0.4, 0.5) is 0 Å². The van der Waals surface area contributed by atoms with Gasteiger partial charge >= 0.3 is 5.97 Å². The molecule has 0 aliphatic rings. The molecule has 0 bridgehead atoms. The van der Waals surface area contributed by atoms with E-state index in [1.807, 2.05) is 32.0 Å². The van der Waals surface area contributed by atoms with Crippen LogP contribution in [0.15, 0.2) is 24.3 Å². The van der Waals surface area contributed by atoms with Crippen molar-refractivity contribution in [2.24, 2.45) is 0 Å². The quantitative estimate of drug-likeness (QED) is 0.736. The topological polar surface area (TPSA) is 66.4 Å². The van der Waals surface area contributed by atoms with E-state index < -0.39 is 12.0 Å². The molecule has 0 saturated carbocycles. The molecule has 21 heavy (non-hydrogen) atoms. The van der Waals surface area contributed by atoms with Gasteiger partial charge in [0.15, 0.2) is 0 Å². The lowest BCUT2D eigenvalue weighted by molar-refractivity contribution is -0.141. The molecule has 0 fully saturated rings. The number of nitrogens with one attached hydrogen (secondary N) is 1. The Morgan fingerprint density at radius 2 is 2.14 bits per heavy atom. The molecule has 5 heteroatoms. The van der Waals surface area contributed by atoms with Gasteiger partial charge in [0.05, 0.1) is 5.75 Å². The third kappa shape index (κ3) is 7.18. The zero-order chi connectivity index (χ0) is 15.7. The molecule has 1 aromatic rings. The summed E-state index contributed by atoms with van der Waals surface area (Å²) in [5, 5.41) is 11.7. The Hall–Kier alpha value is -1.49. The second kappa shape index (κ2) is 9.45. The third-order valence-corrected chi connectivity index (χ3v) is 4.07. The monoisotopic (exact) mass is 309 g/mol. The highest BCUT2D eigenvalue weighted by atomic mass is 32.2. The van der Waals surface area contributed by atoms with Crippen LogP contribution in [0.2, 0.25) is 0 Å². The number of benzene rings is 1. The van der Waals surface area contributed by atoms with Gasteiger partial charge < -0.3 is 10.4 Å². The van der Waals surface area contributed by atoms with E-state index >= 15 is 0 Å². The standard InChI is InChI=1S/C16H23NO3S/c1-3-4-8-14(16(19)20)17-15(18)11-21-10-13-7-5-6-12(2)9-13/h5-7,9,14H,3-4,8,10-11H2,1-2H3,(H,17,18)(H,19,20). The SMILES string of the molecule is CCCCC(NC(=O)CSCc1cccc(C)c1)C(=O)O. The summed E-state index contributed by atoms with van der Waals surface area (Å²) < 4.78 is 0. The second-order valence-electron chi connectivity index (χ2n) is 5.08. The van der Waals surface area contributed by atoms with Crippen LogP contribution in [0.25, 0.3) is 0 Å². The summed E-state index contributed by atoms with van der Waals surface area (Å²) in [5.74, 6) is -0.136. The molecule has 0 aromatic heterocycles. The van der Waals surface area contributed by atoms with Gasteiger partial charge in [-0.1, -0.05) is 49.6 Å². The Kier molecular flexibility index (Phi) is 7.90. The van der Waals surface area contributed by atoms with E-state index in [2.05, 4.69) is 11.4 Å². The van der Waals surface area contributed by atoms with E-state index in [1.54, 1.807) is 0 Å². The van der Waals surface area contributed by atoms with Crippen LogP contribution in [0, 0.1) is 6.92 Å². The molecular weight excluding hydrogens is 286 g/mol. The Morgan fingerprint density at radius 3 is 2.76 bits per heavy atom. The molecule has 1 atom stereocenters. The van der Waals surface area contributed by atoms with Gasteiger partial charge in [0.25, 0.3) is 0 Å². The van der Waals surface area contributed by atoms with Gasteiger partial charge in [0.1, 0.15) is 6.04 Å². The summed E-state index contributed by atoms with van der Waals surface area (Å²) in [6.07, 6.45) is 2.20. The van der Waals surface area contributed by atoms with Crippen molar-refractivity contribution in [1.29, 1.82) is 0 Å². The molecule has 0 aliphatic heterocycles. The average molecular weight is 309 g/mol. The predicted molar refractivity (Wildman–Crippen MR) is 86.4 cm³/mol. The van der Waals surface area contributed by atoms with Crippen molar-refractivity contribution >= 4 is 23.6 Å². The van der Waals surface area contributed by atoms with Crippen LogP contribution in [0.5, 0.6) is 0 Å². The minimum Gasteiger partial charge on any atom is -0.480 e. The summed E-state index contributed by atoms with van der Waals surface area (Å²) in [6, 6.07) is 7.38. The maximum atomic E-state index is 11.8. The van der Waals surface area contributed by atoms with Crippen LogP contribution in [0.1, 0.15) is 37.3 Å². The molecule has 0 spiro atoms. The zero-order valence-corrected chi connectivity index (χ0v) is 13.4. The van der Waals surface area contributed by atoms with Gasteiger partial charge in [-0.3, -0.25) is 4.79 Å². The average Bonchev–Trinajstić information content (AvgIpc) is 2.43. The molecule has 1 rings (SSSR count). The molecule has 116 valence electrons. The fourth-order valence-corrected chi connectivity index (χ4v) is 2.75. The van der Waals surface area contributed by atoms with E-state index in [0.717, 1.165) is 18.6 Å².